The minimum Gasteiger partial charge on any atom is -0.379 e. The highest BCUT2D eigenvalue weighted by Gasteiger charge is 2.16. The van der Waals surface area contributed by atoms with Crippen molar-refractivity contribution in [3.8, 4) is 0 Å². The van der Waals surface area contributed by atoms with Crippen molar-refractivity contribution in [1.82, 2.24) is 15.4 Å². The molecule has 7 nitrogen and oxygen atoms in total. The third-order valence-electron chi connectivity index (χ3n) is 2.49. The number of nitrogens with one attached hydrogen (secondary N) is 2. The average Bonchev–Trinajstić information content (AvgIpc) is 2.40. The molecule has 0 saturated carbocycles. The fourth-order valence-electron chi connectivity index (χ4n) is 1.59. The zero-order chi connectivity index (χ0) is 12.1. The summed E-state index contributed by atoms with van der Waals surface area (Å²) in [6.07, 6.45) is 3.06. The zero-order valence-corrected chi connectivity index (χ0v) is 9.35. The molecule has 1 aliphatic heterocycles. The molecule has 0 aliphatic carbocycles. The summed E-state index contributed by atoms with van der Waals surface area (Å²) in [6.45, 7) is 2.61. The molecule has 17 heavy (non-hydrogen) atoms. The van der Waals surface area contributed by atoms with E-state index in [9.17, 15) is 4.79 Å². The first-order valence-corrected chi connectivity index (χ1v) is 5.35. The number of anilines is 1. The van der Waals surface area contributed by atoms with E-state index in [0.717, 1.165) is 0 Å². The van der Waals surface area contributed by atoms with Crippen LogP contribution in [0, 0.1) is 0 Å². The number of morpholine rings is 1. The average molecular weight is 237 g/mol. The fourth-order valence-corrected chi connectivity index (χ4v) is 1.59. The van der Waals surface area contributed by atoms with Crippen molar-refractivity contribution in [2.24, 2.45) is 5.84 Å². The first-order chi connectivity index (χ1) is 8.31. The van der Waals surface area contributed by atoms with Gasteiger partial charge < -0.3 is 10.2 Å². The molecule has 1 aliphatic rings. The van der Waals surface area contributed by atoms with E-state index in [2.05, 4.69) is 15.8 Å². The molecular weight excluding hydrogens is 222 g/mol. The zero-order valence-electron chi connectivity index (χ0n) is 9.35. The van der Waals surface area contributed by atoms with Crippen LogP contribution >= 0.6 is 0 Å². The molecule has 0 spiro atoms. The Bertz CT molecular complexity index is 392. The van der Waals surface area contributed by atoms with Crippen molar-refractivity contribution in [2.75, 3.05) is 31.7 Å². The molecule has 2 heterocycles. The lowest BCUT2D eigenvalue weighted by Crippen LogP contribution is -2.48. The van der Waals surface area contributed by atoms with E-state index in [1.54, 1.807) is 12.3 Å². The van der Waals surface area contributed by atoms with Gasteiger partial charge in [0.1, 0.15) is 0 Å². The number of ether oxygens (including phenoxy) is 1. The van der Waals surface area contributed by atoms with Gasteiger partial charge in [-0.2, -0.15) is 0 Å². The van der Waals surface area contributed by atoms with Crippen LogP contribution in [0.1, 0.15) is 10.4 Å². The summed E-state index contributed by atoms with van der Waals surface area (Å²) in [4.78, 5) is 15.9. The highest BCUT2D eigenvalue weighted by Crippen LogP contribution is 2.11. The summed E-state index contributed by atoms with van der Waals surface area (Å²) in [6, 6.07) is 1.62. The van der Waals surface area contributed by atoms with Gasteiger partial charge in [-0.1, -0.05) is 0 Å². The van der Waals surface area contributed by atoms with Gasteiger partial charge in [-0.25, -0.2) is 5.01 Å². The topological polar surface area (TPSA) is 92.5 Å². The van der Waals surface area contributed by atoms with Crippen LogP contribution < -0.4 is 16.7 Å². The van der Waals surface area contributed by atoms with E-state index in [1.807, 2.05) is 5.01 Å². The van der Waals surface area contributed by atoms with Crippen LogP contribution in [0.3, 0.4) is 0 Å². The molecule has 1 amide bonds. The number of nitrogens with two attached hydrogens (primary N) is 1. The van der Waals surface area contributed by atoms with Crippen molar-refractivity contribution in [1.29, 1.82) is 0 Å². The number of nitrogens with zero attached hydrogens (tertiary/aromatic N) is 2. The molecule has 1 saturated heterocycles. The number of aromatic nitrogens is 1. The van der Waals surface area contributed by atoms with Crippen LogP contribution in [0.25, 0.3) is 0 Å². The largest absolute Gasteiger partial charge is 0.379 e. The summed E-state index contributed by atoms with van der Waals surface area (Å²) in [5.74, 6) is 5.11. The second-order valence-electron chi connectivity index (χ2n) is 3.61. The van der Waals surface area contributed by atoms with Gasteiger partial charge in [0.05, 0.1) is 30.7 Å². The number of amides is 1. The van der Waals surface area contributed by atoms with Crippen LogP contribution in [0.5, 0.6) is 0 Å². The second kappa shape index (κ2) is 5.58. The van der Waals surface area contributed by atoms with E-state index < -0.39 is 0 Å². The molecule has 1 aromatic rings. The van der Waals surface area contributed by atoms with Crippen LogP contribution in [0.2, 0.25) is 0 Å². The molecule has 0 bridgehead atoms. The molecule has 4 N–H and O–H groups in total. The monoisotopic (exact) mass is 237 g/mol. The molecule has 1 aromatic heterocycles. The van der Waals surface area contributed by atoms with E-state index in [1.165, 1.54) is 6.20 Å². The minimum absolute atomic E-state index is 0.206. The minimum atomic E-state index is -0.206. The summed E-state index contributed by atoms with van der Waals surface area (Å²) in [5.41, 5.74) is 6.21. The summed E-state index contributed by atoms with van der Waals surface area (Å²) in [7, 11) is 0. The van der Waals surface area contributed by atoms with Gasteiger partial charge in [0, 0.05) is 19.3 Å². The Kier molecular flexibility index (Phi) is 3.86. The van der Waals surface area contributed by atoms with Crippen molar-refractivity contribution < 1.29 is 9.53 Å². The van der Waals surface area contributed by atoms with Crippen LogP contribution in [0.4, 0.5) is 5.69 Å². The number of carbonyl (C=O) groups is 1. The van der Waals surface area contributed by atoms with E-state index >= 15 is 0 Å². The highest BCUT2D eigenvalue weighted by molar-refractivity contribution is 5.98. The molecule has 1 fully saturated rings. The van der Waals surface area contributed by atoms with Crippen molar-refractivity contribution in [3.05, 3.63) is 24.0 Å². The molecule has 0 atom stereocenters. The number of carbonyl (C=O) groups excluding carboxylic acids is 1. The molecule has 2 rings (SSSR count). The van der Waals surface area contributed by atoms with E-state index in [4.69, 9.17) is 10.6 Å². The Morgan fingerprint density at radius 3 is 2.94 bits per heavy atom. The highest BCUT2D eigenvalue weighted by atomic mass is 16.5. The van der Waals surface area contributed by atoms with Gasteiger partial charge in [0.15, 0.2) is 0 Å². The van der Waals surface area contributed by atoms with E-state index in [0.29, 0.717) is 37.6 Å². The molecular formula is C10H15N5O2. The first-order valence-electron chi connectivity index (χ1n) is 5.35. The standard InChI is InChI=1S/C10H15N5O2/c11-13-9-7-12-2-1-8(9)10(16)14-15-3-5-17-6-4-15/h1-2,7,13H,3-6,11H2,(H,14,16). The number of hydrogen-bond donors (Lipinski definition) is 3. The Labute approximate surface area is 98.9 Å². The third kappa shape index (κ3) is 2.90. The molecule has 0 aromatic carbocycles. The van der Waals surface area contributed by atoms with Gasteiger partial charge in [0.25, 0.3) is 5.91 Å². The number of rotatable bonds is 3. The molecule has 0 unspecified atom stereocenters. The molecule has 92 valence electrons. The van der Waals surface area contributed by atoms with Crippen molar-refractivity contribution in [2.45, 2.75) is 0 Å². The maximum Gasteiger partial charge on any atom is 0.267 e. The maximum atomic E-state index is 12.0. The van der Waals surface area contributed by atoms with Gasteiger partial charge in [-0.15, -0.1) is 0 Å². The lowest BCUT2D eigenvalue weighted by Gasteiger charge is -2.27. The van der Waals surface area contributed by atoms with Gasteiger partial charge in [0.2, 0.25) is 0 Å². The lowest BCUT2D eigenvalue weighted by molar-refractivity contribution is 0.0126. The van der Waals surface area contributed by atoms with Crippen LogP contribution in [-0.4, -0.2) is 42.2 Å². The molecule has 7 heteroatoms. The Morgan fingerprint density at radius 1 is 1.47 bits per heavy atom. The first kappa shape index (κ1) is 11.8. The molecule has 0 radical (unpaired) electrons. The predicted octanol–water partition coefficient (Wildman–Crippen LogP) is -0.656. The number of hydrazine groups is 2. The summed E-state index contributed by atoms with van der Waals surface area (Å²) < 4.78 is 5.20. The van der Waals surface area contributed by atoms with Crippen molar-refractivity contribution in [3.63, 3.8) is 0 Å². The van der Waals surface area contributed by atoms with Crippen LogP contribution in [0.15, 0.2) is 18.5 Å². The van der Waals surface area contributed by atoms with E-state index in [-0.39, 0.29) is 5.91 Å². The summed E-state index contributed by atoms with van der Waals surface area (Å²) in [5, 5.41) is 1.83. The quantitative estimate of drug-likeness (QED) is 0.477. The smallest absolute Gasteiger partial charge is 0.267 e. The van der Waals surface area contributed by atoms with Gasteiger partial charge in [-0.3, -0.25) is 21.0 Å². The Balaban J connectivity index is 2.03. The normalized spacial score (nSPS) is 16.5. The Morgan fingerprint density at radius 2 is 2.24 bits per heavy atom. The van der Waals surface area contributed by atoms with Gasteiger partial charge >= 0.3 is 0 Å². The fraction of sp³-hybridized carbons (Fsp3) is 0.400. The lowest BCUT2D eigenvalue weighted by atomic mass is 10.2. The maximum absolute atomic E-state index is 12.0. The second-order valence-corrected chi connectivity index (χ2v) is 3.61. The number of nitrogen functional groups attached to an aromatic ring is 1. The SMILES string of the molecule is NNc1cnccc1C(=O)NN1CCOCC1. The van der Waals surface area contributed by atoms with Crippen LogP contribution in [-0.2, 0) is 4.74 Å². The third-order valence-corrected chi connectivity index (χ3v) is 2.49. The number of hydrogen-bond acceptors (Lipinski definition) is 6. The summed E-state index contributed by atoms with van der Waals surface area (Å²) >= 11 is 0. The predicted molar refractivity (Wildman–Crippen MR) is 61.9 cm³/mol. The Hall–Kier alpha value is -1.70. The van der Waals surface area contributed by atoms with Gasteiger partial charge in [-0.05, 0) is 6.07 Å². The number of pyridine rings is 1. The van der Waals surface area contributed by atoms with Crippen molar-refractivity contribution >= 4 is 11.6 Å².